The van der Waals surface area contributed by atoms with Gasteiger partial charge in [-0.2, -0.15) is 0 Å². The zero-order valence-corrected chi connectivity index (χ0v) is 13.3. The van der Waals surface area contributed by atoms with Gasteiger partial charge in [0.2, 0.25) is 0 Å². The summed E-state index contributed by atoms with van der Waals surface area (Å²) in [6, 6.07) is 14.2. The number of aromatic nitrogens is 1. The minimum atomic E-state index is -0.761. The molecule has 1 unspecified atom stereocenters. The van der Waals surface area contributed by atoms with Crippen molar-refractivity contribution < 1.29 is 9.90 Å². The van der Waals surface area contributed by atoms with Gasteiger partial charge in [0.25, 0.3) is 0 Å². The van der Waals surface area contributed by atoms with E-state index in [-0.39, 0.29) is 6.42 Å². The molecule has 4 heteroatoms. The fourth-order valence-electron chi connectivity index (χ4n) is 2.38. The quantitative estimate of drug-likeness (QED) is 0.588. The van der Waals surface area contributed by atoms with Crippen LogP contribution in [0, 0.1) is 0 Å². The average Bonchev–Trinajstić information content (AvgIpc) is 2.46. The molecular weight excluding hydrogens is 313 g/mol. The topological polar surface area (TPSA) is 50.2 Å². The van der Waals surface area contributed by atoms with Gasteiger partial charge in [0.05, 0.1) is 0 Å². The predicted molar refractivity (Wildman–Crippen MR) is 83.4 cm³/mol. The fourth-order valence-corrected chi connectivity index (χ4v) is 3.37. The average molecular weight is 327 g/mol. The summed E-state index contributed by atoms with van der Waals surface area (Å²) < 4.78 is 1.26. The summed E-state index contributed by atoms with van der Waals surface area (Å²) in [6.45, 7) is 0. The molecule has 20 heavy (non-hydrogen) atoms. The van der Waals surface area contributed by atoms with Crippen LogP contribution in [-0.2, 0) is 11.2 Å². The molecule has 100 valence electrons. The fraction of sp³-hybridized carbons (Fsp3) is 0.125. The second-order valence-corrected chi connectivity index (χ2v) is 6.00. The van der Waals surface area contributed by atoms with E-state index in [0.717, 1.165) is 22.0 Å². The van der Waals surface area contributed by atoms with Gasteiger partial charge in [-0.3, -0.25) is 0 Å². The molecule has 3 aromatic rings. The Labute approximate surface area is 125 Å². The minimum absolute atomic E-state index is 0.163. The molecule has 3 nitrogen and oxygen atoms in total. The van der Waals surface area contributed by atoms with Gasteiger partial charge in [0, 0.05) is 0 Å². The zero-order valence-electron chi connectivity index (χ0n) is 10.8. The number of rotatable bonds is 3. The number of aryl methyl sites for hydroxylation is 1. The van der Waals surface area contributed by atoms with Crippen LogP contribution < -0.4 is 4.35 Å². The Morgan fingerprint density at radius 2 is 1.85 bits per heavy atom. The van der Waals surface area contributed by atoms with E-state index in [2.05, 4.69) is 17.1 Å². The molecule has 0 fully saturated rings. The Hall–Kier alpha value is -1.86. The number of benzene rings is 2. The van der Waals surface area contributed by atoms with Gasteiger partial charge in [-0.05, 0) is 0 Å². The first-order chi connectivity index (χ1) is 9.65. The predicted octanol–water partition coefficient (Wildman–Crippen LogP) is 1.66. The molecule has 2 aromatic carbocycles. The second-order valence-electron chi connectivity index (χ2n) is 4.79. The first-order valence-corrected chi connectivity index (χ1v) is 7.65. The van der Waals surface area contributed by atoms with Crippen molar-refractivity contribution in [3.05, 3.63) is 48.0 Å². The van der Waals surface area contributed by atoms with Crippen LogP contribution in [0.2, 0.25) is 0 Å². The summed E-state index contributed by atoms with van der Waals surface area (Å²) in [6.07, 6.45) is 0.723. The number of hydrogen-bond donors (Lipinski definition) is 1. The van der Waals surface area contributed by atoms with Gasteiger partial charge in [-0.25, -0.2) is 0 Å². The van der Waals surface area contributed by atoms with Crippen molar-refractivity contribution in [1.82, 2.24) is 4.98 Å². The summed E-state index contributed by atoms with van der Waals surface area (Å²) in [5.41, 5.74) is 3.04. The molecule has 1 N–H and O–H groups in total. The molecule has 0 aliphatic heterocycles. The molecule has 0 saturated heterocycles. The Balaban J connectivity index is 2.15. The van der Waals surface area contributed by atoms with E-state index in [4.69, 9.17) is 5.11 Å². The molecule has 0 aliphatic rings. The van der Waals surface area contributed by atoms with E-state index in [1.54, 1.807) is 16.9 Å². The SMILES string of the molecule is O=C(O)CCc1ccc2nc3ccccc3c([AsH2])c2c1. The normalized spacial score (nSPS) is 11.1. The third kappa shape index (κ3) is 2.41. The summed E-state index contributed by atoms with van der Waals surface area (Å²) in [5.74, 6) is -0.761. The van der Waals surface area contributed by atoms with E-state index in [0.29, 0.717) is 6.42 Å². The number of nitrogens with zero attached hydrogens (tertiary/aromatic N) is 1. The van der Waals surface area contributed by atoms with Gasteiger partial charge >= 0.3 is 125 Å². The van der Waals surface area contributed by atoms with E-state index in [1.807, 2.05) is 30.3 Å². The van der Waals surface area contributed by atoms with Gasteiger partial charge in [-0.15, -0.1) is 0 Å². The molecule has 1 heterocycles. The maximum absolute atomic E-state index is 10.7. The van der Waals surface area contributed by atoms with Crippen LogP contribution in [0.3, 0.4) is 0 Å². The van der Waals surface area contributed by atoms with Crippen molar-refractivity contribution >= 4 is 49.0 Å². The molecule has 1 aromatic heterocycles. The number of fused-ring (bicyclic) bond motifs is 2. The standard InChI is InChI=1S/C16H14AsNO2/c17-16-11-3-1-2-4-13(11)18-14-7-5-10(9-12(14)16)6-8-15(19)20/h1-5,7,9H,6,8,17H2,(H,19,20). The number of aliphatic carboxylic acids is 1. The number of carbonyl (C=O) groups is 1. The molecule has 0 amide bonds. The van der Waals surface area contributed by atoms with Gasteiger partial charge in [0.1, 0.15) is 0 Å². The number of pyridine rings is 1. The van der Waals surface area contributed by atoms with Crippen molar-refractivity contribution in [2.75, 3.05) is 0 Å². The van der Waals surface area contributed by atoms with Crippen molar-refractivity contribution in [2.24, 2.45) is 0 Å². The van der Waals surface area contributed by atoms with Crippen LogP contribution in [0.5, 0.6) is 0 Å². The second kappa shape index (κ2) is 5.26. The number of hydrogen-bond acceptors (Lipinski definition) is 2. The summed E-state index contributed by atoms with van der Waals surface area (Å²) in [5, 5.41) is 11.1. The number of carboxylic acids is 1. The van der Waals surface area contributed by atoms with E-state index in [1.165, 1.54) is 9.74 Å². The summed E-state index contributed by atoms with van der Waals surface area (Å²) in [7, 11) is 0. The van der Waals surface area contributed by atoms with Crippen LogP contribution in [0.25, 0.3) is 21.8 Å². The molecule has 0 aliphatic carbocycles. The van der Waals surface area contributed by atoms with E-state index in [9.17, 15) is 4.79 Å². The Bertz CT molecular complexity index is 814. The first kappa shape index (κ1) is 13.1. The third-order valence-corrected chi connectivity index (χ3v) is 4.72. The molecule has 0 radical (unpaired) electrons. The van der Waals surface area contributed by atoms with Crippen molar-refractivity contribution in [1.29, 1.82) is 0 Å². The Morgan fingerprint density at radius 3 is 2.65 bits per heavy atom. The monoisotopic (exact) mass is 327 g/mol. The summed E-state index contributed by atoms with van der Waals surface area (Å²) >= 11 is 1.57. The van der Waals surface area contributed by atoms with Crippen LogP contribution in [0.4, 0.5) is 0 Å². The van der Waals surface area contributed by atoms with Gasteiger partial charge in [-0.1, -0.05) is 0 Å². The molecule has 0 bridgehead atoms. The van der Waals surface area contributed by atoms with Crippen LogP contribution in [-0.4, -0.2) is 32.9 Å². The van der Waals surface area contributed by atoms with E-state index >= 15 is 0 Å². The maximum atomic E-state index is 10.7. The number of carboxylic acid groups (broad SMARTS) is 1. The third-order valence-electron chi connectivity index (χ3n) is 3.41. The zero-order chi connectivity index (χ0) is 14.1. The summed E-state index contributed by atoms with van der Waals surface area (Å²) in [4.78, 5) is 15.3. The Morgan fingerprint density at radius 1 is 1.10 bits per heavy atom. The molecule has 0 spiro atoms. The van der Waals surface area contributed by atoms with Crippen molar-refractivity contribution in [3.8, 4) is 0 Å². The van der Waals surface area contributed by atoms with Crippen LogP contribution in [0.15, 0.2) is 42.5 Å². The van der Waals surface area contributed by atoms with Crippen LogP contribution >= 0.6 is 0 Å². The van der Waals surface area contributed by atoms with Crippen molar-refractivity contribution in [2.45, 2.75) is 12.8 Å². The van der Waals surface area contributed by atoms with Crippen LogP contribution in [0.1, 0.15) is 12.0 Å². The molecule has 1 atom stereocenters. The van der Waals surface area contributed by atoms with Gasteiger partial charge in [0.15, 0.2) is 0 Å². The molecular formula is C16H14AsNO2. The Kier molecular flexibility index (Phi) is 3.45. The van der Waals surface area contributed by atoms with Gasteiger partial charge < -0.3 is 0 Å². The number of para-hydroxylation sites is 1. The molecule has 0 saturated carbocycles. The van der Waals surface area contributed by atoms with Crippen molar-refractivity contribution in [3.63, 3.8) is 0 Å². The molecule has 3 rings (SSSR count). The first-order valence-electron chi connectivity index (χ1n) is 6.44. The van der Waals surface area contributed by atoms with E-state index < -0.39 is 5.97 Å².